The fraction of sp³-hybridized carbons (Fsp3) is 0.300. The van der Waals surface area contributed by atoms with E-state index in [2.05, 4.69) is 15.9 Å². The second-order valence-electron chi connectivity index (χ2n) is 3.04. The van der Waals surface area contributed by atoms with Crippen molar-refractivity contribution in [3.63, 3.8) is 0 Å². The van der Waals surface area contributed by atoms with Crippen LogP contribution in [0.3, 0.4) is 0 Å². The van der Waals surface area contributed by atoms with Gasteiger partial charge in [-0.15, -0.1) is 11.6 Å². The van der Waals surface area contributed by atoms with Crippen molar-refractivity contribution in [3.8, 4) is 0 Å². The molecule has 1 aromatic rings. The summed E-state index contributed by atoms with van der Waals surface area (Å²) in [6, 6.07) is 4.17. The van der Waals surface area contributed by atoms with Crippen molar-refractivity contribution < 1.29 is 9.18 Å². The lowest BCUT2D eigenvalue weighted by Crippen LogP contribution is -2.28. The highest BCUT2D eigenvalue weighted by atomic mass is 79.9. The summed E-state index contributed by atoms with van der Waals surface area (Å²) in [5.41, 5.74) is 0.441. The van der Waals surface area contributed by atoms with Crippen LogP contribution >= 0.6 is 27.5 Å². The number of carbonyl (C=O) groups excluding carboxylic acids is 1. The van der Waals surface area contributed by atoms with E-state index in [9.17, 15) is 9.18 Å². The summed E-state index contributed by atoms with van der Waals surface area (Å²) in [4.78, 5) is 13.2. The van der Waals surface area contributed by atoms with Gasteiger partial charge in [0.1, 0.15) is 5.82 Å². The minimum Gasteiger partial charge on any atom is -0.341 e. The molecule has 5 heteroatoms. The van der Waals surface area contributed by atoms with Crippen molar-refractivity contribution in [2.75, 3.05) is 19.5 Å². The highest BCUT2D eigenvalue weighted by Crippen LogP contribution is 2.17. The van der Waals surface area contributed by atoms with Gasteiger partial charge in [0.05, 0.1) is 4.47 Å². The summed E-state index contributed by atoms with van der Waals surface area (Å²) < 4.78 is 13.2. The number of rotatable bonds is 3. The van der Waals surface area contributed by atoms with E-state index in [4.69, 9.17) is 11.6 Å². The zero-order chi connectivity index (χ0) is 11.4. The van der Waals surface area contributed by atoms with Crippen LogP contribution in [0.2, 0.25) is 0 Å². The van der Waals surface area contributed by atoms with Crippen LogP contribution in [-0.4, -0.2) is 30.3 Å². The van der Waals surface area contributed by atoms with Gasteiger partial charge in [-0.2, -0.15) is 0 Å². The molecule has 0 atom stereocenters. The van der Waals surface area contributed by atoms with Gasteiger partial charge >= 0.3 is 0 Å². The third kappa shape index (κ3) is 3.18. The summed E-state index contributed by atoms with van der Waals surface area (Å²) in [6.07, 6.45) is 0. The van der Waals surface area contributed by atoms with Gasteiger partial charge in [-0.1, -0.05) is 0 Å². The molecule has 1 amide bonds. The number of nitrogens with zero attached hydrogens (tertiary/aromatic N) is 1. The lowest BCUT2D eigenvalue weighted by atomic mass is 10.2. The van der Waals surface area contributed by atoms with E-state index in [1.807, 2.05) is 0 Å². The zero-order valence-corrected chi connectivity index (χ0v) is 10.5. The van der Waals surface area contributed by atoms with Crippen LogP contribution in [0, 0.1) is 5.82 Å². The maximum atomic E-state index is 12.9. The highest BCUT2D eigenvalue weighted by Gasteiger charge is 2.12. The van der Waals surface area contributed by atoms with Gasteiger partial charge in [-0.25, -0.2) is 4.39 Å². The maximum absolute atomic E-state index is 12.9. The topological polar surface area (TPSA) is 20.3 Å². The largest absolute Gasteiger partial charge is 0.341 e. The maximum Gasteiger partial charge on any atom is 0.253 e. The number of benzene rings is 1. The monoisotopic (exact) mass is 293 g/mol. The quantitative estimate of drug-likeness (QED) is 0.785. The van der Waals surface area contributed by atoms with Gasteiger partial charge in [0.25, 0.3) is 5.91 Å². The minimum atomic E-state index is -0.383. The van der Waals surface area contributed by atoms with E-state index in [0.29, 0.717) is 18.0 Å². The minimum absolute atomic E-state index is 0.170. The average Bonchev–Trinajstić information content (AvgIpc) is 2.21. The zero-order valence-electron chi connectivity index (χ0n) is 8.14. The summed E-state index contributed by atoms with van der Waals surface area (Å²) in [7, 11) is 1.65. The summed E-state index contributed by atoms with van der Waals surface area (Å²) in [6.45, 7) is 0.468. The van der Waals surface area contributed by atoms with Crippen LogP contribution in [0.4, 0.5) is 4.39 Å². The van der Waals surface area contributed by atoms with Gasteiger partial charge < -0.3 is 4.90 Å². The Balaban J connectivity index is 2.87. The van der Waals surface area contributed by atoms with Crippen molar-refractivity contribution in [1.29, 1.82) is 0 Å². The highest BCUT2D eigenvalue weighted by molar-refractivity contribution is 9.10. The molecule has 0 radical (unpaired) electrons. The Morgan fingerprint density at radius 2 is 2.27 bits per heavy atom. The Kier molecular flexibility index (Phi) is 4.54. The summed E-state index contributed by atoms with van der Waals surface area (Å²) in [5, 5.41) is 0. The Bertz CT molecular complexity index is 372. The number of amides is 1. The van der Waals surface area contributed by atoms with E-state index in [1.165, 1.54) is 23.1 Å². The lowest BCUT2D eigenvalue weighted by Gasteiger charge is -2.15. The van der Waals surface area contributed by atoms with Gasteiger partial charge in [0, 0.05) is 25.0 Å². The molecule has 0 bridgehead atoms. The molecule has 1 rings (SSSR count). The van der Waals surface area contributed by atoms with E-state index >= 15 is 0 Å². The van der Waals surface area contributed by atoms with E-state index in [1.54, 1.807) is 7.05 Å². The normalized spacial score (nSPS) is 10.1. The number of halogens is 3. The Hall–Kier alpha value is -0.610. The van der Waals surface area contributed by atoms with Gasteiger partial charge in [0.2, 0.25) is 0 Å². The van der Waals surface area contributed by atoms with Crippen molar-refractivity contribution in [2.24, 2.45) is 0 Å². The van der Waals surface area contributed by atoms with Crippen molar-refractivity contribution in [2.45, 2.75) is 0 Å². The fourth-order valence-electron chi connectivity index (χ4n) is 1.08. The van der Waals surface area contributed by atoms with E-state index in [-0.39, 0.29) is 16.2 Å². The molecule has 0 aliphatic carbocycles. The van der Waals surface area contributed by atoms with Crippen molar-refractivity contribution in [1.82, 2.24) is 4.90 Å². The van der Waals surface area contributed by atoms with Crippen LogP contribution in [0.15, 0.2) is 22.7 Å². The molecule has 1 aromatic carbocycles. The standard InChI is InChI=1S/C10H10BrClFNO/c1-14(5-4-12)10(15)7-2-3-9(13)8(11)6-7/h2-3,6H,4-5H2,1H3. The van der Waals surface area contributed by atoms with Gasteiger partial charge in [0.15, 0.2) is 0 Å². The van der Waals surface area contributed by atoms with E-state index < -0.39 is 0 Å². The first-order valence-electron chi connectivity index (χ1n) is 4.32. The summed E-state index contributed by atoms with van der Waals surface area (Å²) >= 11 is 8.55. The number of hydrogen-bond donors (Lipinski definition) is 0. The third-order valence-electron chi connectivity index (χ3n) is 1.93. The van der Waals surface area contributed by atoms with Crippen LogP contribution in [-0.2, 0) is 0 Å². The van der Waals surface area contributed by atoms with E-state index in [0.717, 1.165) is 0 Å². The van der Waals surface area contributed by atoms with Crippen LogP contribution in [0.1, 0.15) is 10.4 Å². The van der Waals surface area contributed by atoms with Crippen LogP contribution in [0.5, 0.6) is 0 Å². The molecule has 0 heterocycles. The molecule has 0 fully saturated rings. The second-order valence-corrected chi connectivity index (χ2v) is 4.28. The first-order valence-corrected chi connectivity index (χ1v) is 5.65. The predicted octanol–water partition coefficient (Wildman–Crippen LogP) is 2.90. The molecule has 0 aliphatic rings. The molecular formula is C10H10BrClFNO. The second kappa shape index (κ2) is 5.47. The van der Waals surface area contributed by atoms with Crippen LogP contribution in [0.25, 0.3) is 0 Å². The van der Waals surface area contributed by atoms with Gasteiger partial charge in [-0.3, -0.25) is 4.79 Å². The fourth-order valence-corrected chi connectivity index (χ4v) is 1.71. The Labute approximate surface area is 101 Å². The molecule has 15 heavy (non-hydrogen) atoms. The lowest BCUT2D eigenvalue weighted by molar-refractivity contribution is 0.0803. The number of alkyl halides is 1. The number of carbonyl (C=O) groups is 1. The Morgan fingerprint density at radius 1 is 1.60 bits per heavy atom. The molecule has 82 valence electrons. The first kappa shape index (κ1) is 12.5. The molecular weight excluding hydrogens is 284 g/mol. The third-order valence-corrected chi connectivity index (χ3v) is 2.71. The van der Waals surface area contributed by atoms with Gasteiger partial charge in [-0.05, 0) is 34.1 Å². The molecule has 0 N–H and O–H groups in total. The Morgan fingerprint density at radius 3 is 2.80 bits per heavy atom. The molecule has 2 nitrogen and oxygen atoms in total. The first-order chi connectivity index (χ1) is 7.06. The smallest absolute Gasteiger partial charge is 0.253 e. The number of hydrogen-bond acceptors (Lipinski definition) is 1. The molecule has 0 spiro atoms. The molecule has 0 unspecified atom stereocenters. The van der Waals surface area contributed by atoms with Crippen molar-refractivity contribution >= 4 is 33.4 Å². The van der Waals surface area contributed by atoms with Crippen LogP contribution < -0.4 is 0 Å². The molecule has 0 saturated heterocycles. The van der Waals surface area contributed by atoms with Crippen molar-refractivity contribution in [3.05, 3.63) is 34.1 Å². The SMILES string of the molecule is CN(CCCl)C(=O)c1ccc(F)c(Br)c1. The molecule has 0 aromatic heterocycles. The average molecular weight is 295 g/mol. The summed E-state index contributed by atoms with van der Waals surface area (Å²) in [5.74, 6) is -0.173. The molecule has 0 aliphatic heterocycles. The predicted molar refractivity (Wildman–Crippen MR) is 61.8 cm³/mol. The molecule has 0 saturated carbocycles.